The zero-order chi connectivity index (χ0) is 15.1. The van der Waals surface area contributed by atoms with Crippen LogP contribution < -0.4 is 4.90 Å². The van der Waals surface area contributed by atoms with E-state index in [4.69, 9.17) is 5.41 Å². The van der Waals surface area contributed by atoms with Crippen LogP contribution in [-0.2, 0) is 0 Å². The molecule has 2 heterocycles. The van der Waals surface area contributed by atoms with Crippen molar-refractivity contribution in [2.45, 2.75) is 20.8 Å². The fourth-order valence-corrected chi connectivity index (χ4v) is 3.45. The second-order valence-corrected chi connectivity index (χ2v) is 6.20. The van der Waals surface area contributed by atoms with Crippen molar-refractivity contribution < 1.29 is 5.11 Å². The SMILES string of the molecule is Cc1ccc(N2CC(O)=C(c3nc(C)cs3)C2=N)c(C)c1. The van der Waals surface area contributed by atoms with Gasteiger partial charge in [-0.25, -0.2) is 4.98 Å². The number of benzene rings is 1. The molecule has 2 N–H and O–H groups in total. The zero-order valence-electron chi connectivity index (χ0n) is 12.3. The molecule has 0 fully saturated rings. The number of aryl methyl sites for hydroxylation is 3. The largest absolute Gasteiger partial charge is 0.510 e. The van der Waals surface area contributed by atoms with Gasteiger partial charge < -0.3 is 10.0 Å². The Bertz CT molecular complexity index is 761. The van der Waals surface area contributed by atoms with Gasteiger partial charge in [-0.05, 0) is 32.4 Å². The highest BCUT2D eigenvalue weighted by Crippen LogP contribution is 2.34. The molecule has 1 aromatic heterocycles. The smallest absolute Gasteiger partial charge is 0.139 e. The van der Waals surface area contributed by atoms with Crippen LogP contribution in [0.4, 0.5) is 5.69 Å². The summed E-state index contributed by atoms with van der Waals surface area (Å²) in [6.45, 7) is 6.32. The van der Waals surface area contributed by atoms with E-state index in [1.54, 1.807) is 0 Å². The van der Waals surface area contributed by atoms with Crippen LogP contribution in [0.15, 0.2) is 29.3 Å². The van der Waals surface area contributed by atoms with Crippen LogP contribution in [-0.4, -0.2) is 22.5 Å². The van der Waals surface area contributed by atoms with Gasteiger partial charge in [0.2, 0.25) is 0 Å². The molecule has 3 rings (SSSR count). The van der Waals surface area contributed by atoms with Crippen molar-refractivity contribution in [3.63, 3.8) is 0 Å². The number of nitrogens with one attached hydrogen (secondary N) is 1. The maximum atomic E-state index is 10.3. The summed E-state index contributed by atoms with van der Waals surface area (Å²) in [4.78, 5) is 6.22. The molecule has 0 saturated carbocycles. The third kappa shape index (κ3) is 2.34. The van der Waals surface area contributed by atoms with E-state index >= 15 is 0 Å². The summed E-state index contributed by atoms with van der Waals surface area (Å²) in [7, 11) is 0. The van der Waals surface area contributed by atoms with Crippen LogP contribution in [0.25, 0.3) is 5.57 Å². The number of aliphatic hydroxyl groups excluding tert-OH is 1. The van der Waals surface area contributed by atoms with Gasteiger partial charge in [0.25, 0.3) is 0 Å². The van der Waals surface area contributed by atoms with E-state index in [0.717, 1.165) is 16.9 Å². The number of thiazole rings is 1. The Kier molecular flexibility index (Phi) is 3.29. The molecule has 108 valence electrons. The van der Waals surface area contributed by atoms with Crippen molar-refractivity contribution in [2.24, 2.45) is 0 Å². The van der Waals surface area contributed by atoms with E-state index in [9.17, 15) is 5.11 Å². The van der Waals surface area contributed by atoms with Crippen LogP contribution in [0.1, 0.15) is 21.8 Å². The van der Waals surface area contributed by atoms with Crippen LogP contribution in [0.3, 0.4) is 0 Å². The fraction of sp³-hybridized carbons (Fsp3) is 0.250. The van der Waals surface area contributed by atoms with Gasteiger partial charge in [-0.15, -0.1) is 11.3 Å². The Hall–Kier alpha value is -2.14. The lowest BCUT2D eigenvalue weighted by molar-refractivity contribution is 0.411. The van der Waals surface area contributed by atoms with Gasteiger partial charge in [0, 0.05) is 16.8 Å². The summed E-state index contributed by atoms with van der Waals surface area (Å²) in [5, 5.41) is 21.3. The molecule has 1 aliphatic heterocycles. The van der Waals surface area contributed by atoms with E-state index in [2.05, 4.69) is 11.1 Å². The van der Waals surface area contributed by atoms with Crippen LogP contribution in [0.2, 0.25) is 0 Å². The normalized spacial score (nSPS) is 15.2. The molecule has 0 amide bonds. The predicted octanol–water partition coefficient (Wildman–Crippen LogP) is 3.83. The Morgan fingerprint density at radius 1 is 1.29 bits per heavy atom. The number of hydrogen-bond acceptors (Lipinski definition) is 4. The molecule has 0 unspecified atom stereocenters. The number of amidine groups is 1. The van der Waals surface area contributed by atoms with Crippen LogP contribution in [0.5, 0.6) is 0 Å². The van der Waals surface area contributed by atoms with Crippen molar-refractivity contribution in [3.05, 3.63) is 51.2 Å². The topological polar surface area (TPSA) is 60.2 Å². The first-order valence-electron chi connectivity index (χ1n) is 6.75. The van der Waals surface area contributed by atoms with Crippen LogP contribution >= 0.6 is 11.3 Å². The minimum Gasteiger partial charge on any atom is -0.510 e. The third-order valence-corrected chi connectivity index (χ3v) is 4.56. The molecule has 0 aliphatic carbocycles. The number of hydrogen-bond donors (Lipinski definition) is 2. The number of nitrogens with zero attached hydrogens (tertiary/aromatic N) is 2. The molecule has 0 atom stereocenters. The molecule has 2 aromatic rings. The highest BCUT2D eigenvalue weighted by atomic mass is 32.1. The van der Waals surface area contributed by atoms with Gasteiger partial charge >= 0.3 is 0 Å². The van der Waals surface area contributed by atoms with Crippen molar-refractivity contribution in [1.29, 1.82) is 5.41 Å². The highest BCUT2D eigenvalue weighted by Gasteiger charge is 2.31. The molecule has 0 bridgehead atoms. The fourth-order valence-electron chi connectivity index (χ4n) is 2.59. The van der Waals surface area contributed by atoms with Crippen molar-refractivity contribution >= 4 is 28.4 Å². The van der Waals surface area contributed by atoms with Crippen molar-refractivity contribution in [1.82, 2.24) is 4.98 Å². The molecule has 1 aromatic carbocycles. The maximum absolute atomic E-state index is 10.3. The Labute approximate surface area is 127 Å². The van der Waals surface area contributed by atoms with Gasteiger partial charge in [0.15, 0.2) is 0 Å². The van der Waals surface area contributed by atoms with Gasteiger partial charge in [0.05, 0.1) is 12.1 Å². The lowest BCUT2D eigenvalue weighted by atomic mass is 10.1. The third-order valence-electron chi connectivity index (χ3n) is 3.58. The second-order valence-electron chi connectivity index (χ2n) is 5.34. The summed E-state index contributed by atoms with van der Waals surface area (Å²) in [5.74, 6) is 0.531. The number of aliphatic hydroxyl groups is 1. The van der Waals surface area contributed by atoms with Crippen molar-refractivity contribution in [2.75, 3.05) is 11.4 Å². The summed E-state index contributed by atoms with van der Waals surface area (Å²) in [6.07, 6.45) is 0. The minimum absolute atomic E-state index is 0.217. The first kappa shape index (κ1) is 13.8. The standard InChI is InChI=1S/C16H17N3OS/c1-9-4-5-12(10(2)6-9)19-7-13(20)14(15(19)17)16-18-11(3)8-21-16/h4-6,8,17,20H,7H2,1-3H3. The van der Waals surface area contributed by atoms with Gasteiger partial charge in [-0.3, -0.25) is 5.41 Å². The molecule has 0 spiro atoms. The molecule has 5 heteroatoms. The molecular formula is C16H17N3OS. The summed E-state index contributed by atoms with van der Waals surface area (Å²) in [6, 6.07) is 6.12. The Morgan fingerprint density at radius 2 is 2.05 bits per heavy atom. The Morgan fingerprint density at radius 3 is 2.67 bits per heavy atom. The average molecular weight is 299 g/mol. The maximum Gasteiger partial charge on any atom is 0.139 e. The summed E-state index contributed by atoms with van der Waals surface area (Å²) in [5.41, 5.74) is 4.71. The number of aromatic nitrogens is 1. The van der Waals surface area contributed by atoms with E-state index in [1.807, 2.05) is 43.2 Å². The summed E-state index contributed by atoms with van der Waals surface area (Å²) >= 11 is 1.46. The highest BCUT2D eigenvalue weighted by molar-refractivity contribution is 7.11. The van der Waals surface area contributed by atoms with Gasteiger partial charge in [-0.1, -0.05) is 17.7 Å². The molecule has 0 saturated heterocycles. The lowest BCUT2D eigenvalue weighted by Gasteiger charge is -2.21. The number of rotatable bonds is 2. The van der Waals surface area contributed by atoms with Gasteiger partial charge in [0.1, 0.15) is 16.6 Å². The zero-order valence-corrected chi connectivity index (χ0v) is 13.1. The van der Waals surface area contributed by atoms with Gasteiger partial charge in [-0.2, -0.15) is 0 Å². The second kappa shape index (κ2) is 5.00. The first-order valence-corrected chi connectivity index (χ1v) is 7.63. The first-order chi connectivity index (χ1) is 9.97. The summed E-state index contributed by atoms with van der Waals surface area (Å²) < 4.78 is 0. The molecule has 1 aliphatic rings. The van der Waals surface area contributed by atoms with E-state index in [0.29, 0.717) is 23.0 Å². The Balaban J connectivity index is 1.98. The minimum atomic E-state index is 0.217. The predicted molar refractivity (Wildman–Crippen MR) is 87.4 cm³/mol. The quantitative estimate of drug-likeness (QED) is 0.886. The molecular weight excluding hydrogens is 282 g/mol. The average Bonchev–Trinajstić information content (AvgIpc) is 2.94. The van der Waals surface area contributed by atoms with Crippen molar-refractivity contribution in [3.8, 4) is 0 Å². The molecule has 21 heavy (non-hydrogen) atoms. The number of anilines is 1. The monoisotopic (exact) mass is 299 g/mol. The van der Waals surface area contributed by atoms with E-state index < -0.39 is 0 Å². The molecule has 0 radical (unpaired) electrons. The molecule has 4 nitrogen and oxygen atoms in total. The lowest BCUT2D eigenvalue weighted by Crippen LogP contribution is -2.26. The van der Waals surface area contributed by atoms with E-state index in [-0.39, 0.29) is 5.76 Å². The van der Waals surface area contributed by atoms with E-state index in [1.165, 1.54) is 16.9 Å². The van der Waals surface area contributed by atoms with Crippen LogP contribution in [0, 0.1) is 26.2 Å².